The van der Waals surface area contributed by atoms with E-state index >= 15 is 0 Å². The molecule has 0 aromatic carbocycles. The quantitative estimate of drug-likeness (QED) is 0.188. The first kappa shape index (κ1) is 35.3. The van der Waals surface area contributed by atoms with Gasteiger partial charge in [0, 0.05) is 10.5 Å². The number of azo groups is 1. The zero-order valence-corrected chi connectivity index (χ0v) is 27.1. The van der Waals surface area contributed by atoms with Crippen LogP contribution in [-0.2, 0) is 25.0 Å². The molecule has 0 amide bonds. The van der Waals surface area contributed by atoms with E-state index in [2.05, 4.69) is 15.3 Å². The maximum Gasteiger partial charge on any atom is 1.00 e. The molecule has 2 atom stereocenters. The Kier molecular flexibility index (Phi) is 15.0. The Morgan fingerprint density at radius 3 is 1.71 bits per heavy atom. The Hall–Kier alpha value is 1.32. The summed E-state index contributed by atoms with van der Waals surface area (Å²) in [5.41, 5.74) is -0.523. The third-order valence-electron chi connectivity index (χ3n) is 6.10. The van der Waals surface area contributed by atoms with Gasteiger partial charge < -0.3 is 24.1 Å². The monoisotopic (exact) mass is 548 g/mol. The van der Waals surface area contributed by atoms with Crippen molar-refractivity contribution in [1.82, 2.24) is 5.01 Å². The summed E-state index contributed by atoms with van der Waals surface area (Å²) in [4.78, 5) is 11.5. The second kappa shape index (κ2) is 14.5. The second-order valence-electron chi connectivity index (χ2n) is 8.09. The number of aliphatic hydroxyl groups excluding tert-OH is 1. The number of hydrogen-bond donors (Lipinski definition) is 1. The molecule has 176 valence electrons. The van der Waals surface area contributed by atoms with E-state index in [1.54, 1.807) is 0 Å². The first-order chi connectivity index (χ1) is 14.4. The molecule has 0 bridgehead atoms. The SMILES string of the molecule is O=C([O-])C1=NN(C2CCC(S(=O)(=O)[O-])CC2)C(O)C1N=NC1CCC(S(=O)(=O)[O-])CC1.[Na+].[Na+].[Na+]. The molecule has 0 aromatic heterocycles. The second-order valence-corrected chi connectivity index (χ2v) is 11.4. The van der Waals surface area contributed by atoms with Gasteiger partial charge in [-0.3, -0.25) is 5.01 Å². The van der Waals surface area contributed by atoms with E-state index in [-0.39, 0.29) is 140 Å². The molecule has 18 heteroatoms. The van der Waals surface area contributed by atoms with Crippen molar-refractivity contribution in [3.8, 4) is 0 Å². The molecule has 0 aromatic rings. The number of hydrazone groups is 1. The Labute approximate surface area is 265 Å². The number of carboxylic acid groups (broad SMARTS) is 1. The predicted molar refractivity (Wildman–Crippen MR) is 100 cm³/mol. The number of aliphatic carboxylic acids is 1. The molecule has 13 nitrogen and oxygen atoms in total. The van der Waals surface area contributed by atoms with Crippen LogP contribution in [0.1, 0.15) is 51.4 Å². The van der Waals surface area contributed by atoms with Crippen LogP contribution in [0.3, 0.4) is 0 Å². The van der Waals surface area contributed by atoms with Crippen molar-refractivity contribution in [2.75, 3.05) is 0 Å². The van der Waals surface area contributed by atoms with Gasteiger partial charge in [0.1, 0.15) is 5.71 Å². The predicted octanol–water partition coefficient (Wildman–Crippen LogP) is -10.7. The Balaban J connectivity index is 0.00000363. The molecular formula is C16H23N4Na3O9S2. The summed E-state index contributed by atoms with van der Waals surface area (Å²) < 4.78 is 66.8. The summed E-state index contributed by atoms with van der Waals surface area (Å²) in [6.07, 6.45) is -0.0248. The number of carboxylic acids is 1. The summed E-state index contributed by atoms with van der Waals surface area (Å²) >= 11 is 0. The van der Waals surface area contributed by atoms with Crippen LogP contribution in [0.15, 0.2) is 15.3 Å². The first-order valence-electron chi connectivity index (χ1n) is 9.93. The summed E-state index contributed by atoms with van der Waals surface area (Å²) in [5.74, 6) is -1.64. The van der Waals surface area contributed by atoms with Crippen LogP contribution in [-0.4, -0.2) is 82.6 Å². The van der Waals surface area contributed by atoms with Crippen molar-refractivity contribution in [2.45, 2.75) is 86.2 Å². The zero-order chi connectivity index (χ0) is 23.0. The number of rotatable bonds is 6. The minimum absolute atomic E-state index is 0. The minimum atomic E-state index is -4.42. The van der Waals surface area contributed by atoms with Crippen molar-refractivity contribution < 1.29 is 130 Å². The fourth-order valence-corrected chi connectivity index (χ4v) is 6.02. The van der Waals surface area contributed by atoms with Gasteiger partial charge in [0.05, 0.1) is 38.3 Å². The van der Waals surface area contributed by atoms with E-state index in [9.17, 15) is 40.9 Å². The maximum absolute atomic E-state index is 11.5. The van der Waals surface area contributed by atoms with Gasteiger partial charge >= 0.3 is 88.7 Å². The zero-order valence-electron chi connectivity index (χ0n) is 19.4. The third kappa shape index (κ3) is 8.96. The standard InChI is InChI=1S/C16H26N4O9S2.3Na/c21-15-13(18-17-9-1-5-11(6-2-9)30(24,25)26)14(16(22)23)19-20(15)10-3-7-12(8-4-10)31(27,28)29;;;/h9-13,15,21H,1-8H2,(H,22,23)(H,24,25,26)(H,27,28,29);;;/q;3*+1/p-3. The fourth-order valence-electron chi connectivity index (χ4n) is 4.32. The van der Waals surface area contributed by atoms with E-state index in [0.717, 1.165) is 5.01 Å². The van der Waals surface area contributed by atoms with Gasteiger partial charge in [-0.05, 0) is 51.4 Å². The largest absolute Gasteiger partial charge is 1.00 e. The van der Waals surface area contributed by atoms with Crippen LogP contribution >= 0.6 is 0 Å². The van der Waals surface area contributed by atoms with Crippen molar-refractivity contribution >= 4 is 31.9 Å². The topological polar surface area (TPSA) is 215 Å². The molecule has 0 radical (unpaired) electrons. The van der Waals surface area contributed by atoms with E-state index in [1.807, 2.05) is 0 Å². The van der Waals surface area contributed by atoms with Crippen molar-refractivity contribution in [3.63, 3.8) is 0 Å². The number of nitrogens with zero attached hydrogens (tertiary/aromatic N) is 4. The van der Waals surface area contributed by atoms with E-state index < -0.39 is 66.8 Å². The van der Waals surface area contributed by atoms with E-state index in [1.165, 1.54) is 0 Å². The number of carbonyl (C=O) groups excluding carboxylic acids is 1. The van der Waals surface area contributed by atoms with Gasteiger partial charge in [-0.15, -0.1) is 0 Å². The molecule has 3 aliphatic rings. The molecule has 2 unspecified atom stereocenters. The van der Waals surface area contributed by atoms with Gasteiger partial charge in [-0.1, -0.05) is 0 Å². The van der Waals surface area contributed by atoms with Crippen LogP contribution in [0.25, 0.3) is 0 Å². The summed E-state index contributed by atoms with van der Waals surface area (Å²) in [6, 6.07) is -2.22. The molecule has 0 saturated heterocycles. The molecule has 1 N–H and O–H groups in total. The van der Waals surface area contributed by atoms with Gasteiger partial charge in [0.2, 0.25) is 0 Å². The van der Waals surface area contributed by atoms with Crippen LogP contribution in [0, 0.1) is 0 Å². The molecule has 2 saturated carbocycles. The van der Waals surface area contributed by atoms with Gasteiger partial charge in [0.15, 0.2) is 12.3 Å². The van der Waals surface area contributed by atoms with Crippen molar-refractivity contribution in [3.05, 3.63) is 0 Å². The van der Waals surface area contributed by atoms with Gasteiger partial charge in [-0.2, -0.15) is 15.3 Å². The smallest absolute Gasteiger partial charge is 0.748 e. The van der Waals surface area contributed by atoms with Crippen molar-refractivity contribution in [1.29, 1.82) is 0 Å². The molecule has 0 spiro atoms. The molecule has 1 aliphatic heterocycles. The summed E-state index contributed by atoms with van der Waals surface area (Å²) in [6.45, 7) is 0. The average molecular weight is 548 g/mol. The Bertz CT molecular complexity index is 964. The number of carbonyl (C=O) groups is 1. The van der Waals surface area contributed by atoms with Crippen molar-refractivity contribution in [2.24, 2.45) is 15.3 Å². The molecule has 2 aliphatic carbocycles. The van der Waals surface area contributed by atoms with Crippen LogP contribution < -0.4 is 93.8 Å². The maximum atomic E-state index is 11.5. The van der Waals surface area contributed by atoms with Gasteiger partial charge in [0.25, 0.3) is 0 Å². The molecule has 2 fully saturated rings. The molecule has 1 heterocycles. The van der Waals surface area contributed by atoms with Gasteiger partial charge in [-0.25, -0.2) is 16.8 Å². The number of hydrogen-bond acceptors (Lipinski definition) is 13. The normalized spacial score (nSPS) is 32.2. The summed E-state index contributed by atoms with van der Waals surface area (Å²) in [7, 11) is -8.79. The van der Waals surface area contributed by atoms with Crippen LogP contribution in [0.5, 0.6) is 0 Å². The Morgan fingerprint density at radius 1 is 0.853 bits per heavy atom. The molecular weight excluding hydrogens is 525 g/mol. The first-order valence-corrected chi connectivity index (χ1v) is 12.9. The fraction of sp³-hybridized carbons (Fsp3) is 0.875. The van der Waals surface area contributed by atoms with Crippen LogP contribution in [0.2, 0.25) is 0 Å². The van der Waals surface area contributed by atoms with E-state index in [0.29, 0.717) is 0 Å². The number of aliphatic hydroxyl groups is 1. The van der Waals surface area contributed by atoms with Crippen LogP contribution in [0.4, 0.5) is 0 Å². The average Bonchev–Trinajstić information content (AvgIpc) is 3.02. The third-order valence-corrected chi connectivity index (χ3v) is 8.67. The summed E-state index contributed by atoms with van der Waals surface area (Å²) in [5, 5.41) is 33.1. The molecule has 34 heavy (non-hydrogen) atoms. The minimum Gasteiger partial charge on any atom is -0.748 e. The molecule has 3 rings (SSSR count). The van der Waals surface area contributed by atoms with E-state index in [4.69, 9.17) is 0 Å². The Morgan fingerprint density at radius 2 is 1.29 bits per heavy atom.